The van der Waals surface area contributed by atoms with E-state index in [1.807, 2.05) is 0 Å². The SMILES string of the molecule is [C-]#[N+]c1cc(C)c(NC(=O)c2cc(Cn3nnnc3C(F)(F)F)nn2-c2ccccc2Cl)c(C(=O)NC(C)(C)C)c1. The van der Waals surface area contributed by atoms with Gasteiger partial charge in [0.25, 0.3) is 17.6 Å². The Hall–Kier alpha value is -4.77. The molecule has 0 saturated heterocycles. The Morgan fingerprint density at radius 3 is 2.44 bits per heavy atom. The number of aromatic nitrogens is 6. The Bertz CT molecular complexity index is 1680. The molecule has 0 saturated carbocycles. The predicted octanol–water partition coefficient (Wildman–Crippen LogP) is 5.22. The van der Waals surface area contributed by atoms with Crippen LogP contribution in [-0.2, 0) is 12.7 Å². The first-order valence-electron chi connectivity index (χ1n) is 12.0. The van der Waals surface area contributed by atoms with Crippen molar-refractivity contribution in [2.24, 2.45) is 0 Å². The molecule has 0 aliphatic carbocycles. The largest absolute Gasteiger partial charge is 0.453 e. The number of para-hydroxylation sites is 1. The highest BCUT2D eigenvalue weighted by Crippen LogP contribution is 2.30. The summed E-state index contributed by atoms with van der Waals surface area (Å²) in [4.78, 5) is 30.2. The van der Waals surface area contributed by atoms with Gasteiger partial charge >= 0.3 is 6.18 Å². The molecule has 4 rings (SSSR count). The highest BCUT2D eigenvalue weighted by Gasteiger charge is 2.38. The number of anilines is 1. The number of hydrogen-bond acceptors (Lipinski definition) is 6. The maximum Gasteiger partial charge on any atom is 0.453 e. The Morgan fingerprint density at radius 2 is 1.80 bits per heavy atom. The van der Waals surface area contributed by atoms with Crippen molar-refractivity contribution in [1.29, 1.82) is 0 Å². The van der Waals surface area contributed by atoms with Gasteiger partial charge in [-0.2, -0.15) is 18.3 Å². The van der Waals surface area contributed by atoms with E-state index in [0.29, 0.717) is 10.2 Å². The fraction of sp³-hybridized carbons (Fsp3) is 0.269. The van der Waals surface area contributed by atoms with E-state index in [9.17, 15) is 22.8 Å². The molecule has 2 heterocycles. The van der Waals surface area contributed by atoms with Crippen LogP contribution >= 0.6 is 11.6 Å². The number of hydrogen-bond donors (Lipinski definition) is 2. The summed E-state index contributed by atoms with van der Waals surface area (Å²) in [5, 5.41) is 19.6. The zero-order valence-corrected chi connectivity index (χ0v) is 23.0. The lowest BCUT2D eigenvalue weighted by molar-refractivity contribution is -0.147. The van der Waals surface area contributed by atoms with Crippen molar-refractivity contribution in [1.82, 2.24) is 35.3 Å². The maximum absolute atomic E-state index is 13.7. The molecule has 0 atom stereocenters. The van der Waals surface area contributed by atoms with Gasteiger partial charge in [-0.1, -0.05) is 29.8 Å². The van der Waals surface area contributed by atoms with Crippen molar-refractivity contribution in [3.05, 3.63) is 87.2 Å². The van der Waals surface area contributed by atoms with Crippen LogP contribution in [0.3, 0.4) is 0 Å². The maximum atomic E-state index is 13.7. The summed E-state index contributed by atoms with van der Waals surface area (Å²) >= 11 is 6.36. The summed E-state index contributed by atoms with van der Waals surface area (Å²) in [6.07, 6.45) is -4.81. The zero-order valence-electron chi connectivity index (χ0n) is 22.2. The minimum Gasteiger partial charge on any atom is -0.347 e. The van der Waals surface area contributed by atoms with Crippen molar-refractivity contribution in [2.75, 3.05) is 5.32 Å². The first-order valence-corrected chi connectivity index (χ1v) is 12.4. The summed E-state index contributed by atoms with van der Waals surface area (Å²) < 4.78 is 41.7. The number of alkyl halides is 3. The number of amides is 2. The standard InChI is InChI=1S/C26H23ClF3N9O2/c1-14-10-15(31-5)11-17(22(40)33-25(2,3)4)21(14)32-23(41)20-12-16(13-38-24(26(28,29)30)34-36-37-38)35-39(20)19-9-7-6-8-18(19)27/h6-12H,13H2,1-4H3,(H,32,41)(H,33,40). The second-order valence-electron chi connectivity index (χ2n) is 10.00. The van der Waals surface area contributed by atoms with Crippen LogP contribution in [0.4, 0.5) is 24.5 Å². The average molecular weight is 586 g/mol. The molecule has 41 heavy (non-hydrogen) atoms. The Kier molecular flexibility index (Phi) is 7.85. The first-order chi connectivity index (χ1) is 19.2. The molecule has 0 unspecified atom stereocenters. The molecular weight excluding hydrogens is 563 g/mol. The summed E-state index contributed by atoms with van der Waals surface area (Å²) in [6, 6.07) is 10.6. The van der Waals surface area contributed by atoms with Crippen molar-refractivity contribution < 1.29 is 22.8 Å². The van der Waals surface area contributed by atoms with Crippen LogP contribution in [0.2, 0.25) is 5.02 Å². The van der Waals surface area contributed by atoms with Crippen molar-refractivity contribution in [2.45, 2.75) is 46.0 Å². The number of benzene rings is 2. The number of nitrogens with zero attached hydrogens (tertiary/aromatic N) is 7. The van der Waals surface area contributed by atoms with E-state index < -0.39 is 35.9 Å². The van der Waals surface area contributed by atoms with Gasteiger partial charge in [-0.25, -0.2) is 14.2 Å². The molecule has 0 radical (unpaired) electrons. The van der Waals surface area contributed by atoms with Gasteiger partial charge in [0.15, 0.2) is 5.69 Å². The van der Waals surface area contributed by atoms with Gasteiger partial charge in [0.05, 0.1) is 40.8 Å². The zero-order chi connectivity index (χ0) is 30.1. The Balaban J connectivity index is 1.79. The molecule has 0 aliphatic heterocycles. The lowest BCUT2D eigenvalue weighted by Crippen LogP contribution is -2.41. The molecule has 2 amide bonds. The van der Waals surface area contributed by atoms with Gasteiger partial charge in [0.2, 0.25) is 0 Å². The molecule has 0 aliphatic rings. The number of halogens is 4. The fourth-order valence-electron chi connectivity index (χ4n) is 3.91. The normalized spacial score (nSPS) is 11.7. The third-order valence-electron chi connectivity index (χ3n) is 5.59. The molecule has 0 fully saturated rings. The summed E-state index contributed by atoms with van der Waals surface area (Å²) in [5.74, 6) is -2.58. The van der Waals surface area contributed by atoms with Crippen molar-refractivity contribution in [3.63, 3.8) is 0 Å². The number of carbonyl (C=O) groups excluding carboxylic acids is 2. The molecule has 0 spiro atoms. The molecule has 2 N–H and O–H groups in total. The molecule has 0 bridgehead atoms. The van der Waals surface area contributed by atoms with E-state index in [1.165, 1.54) is 22.9 Å². The predicted molar refractivity (Wildman–Crippen MR) is 143 cm³/mol. The number of carbonyl (C=O) groups is 2. The third-order valence-corrected chi connectivity index (χ3v) is 5.91. The second kappa shape index (κ2) is 11.0. The van der Waals surface area contributed by atoms with Gasteiger partial charge in [0, 0.05) is 5.54 Å². The van der Waals surface area contributed by atoms with E-state index in [0.717, 1.165) is 0 Å². The van der Waals surface area contributed by atoms with Crippen molar-refractivity contribution >= 4 is 34.8 Å². The van der Waals surface area contributed by atoms with Crippen LogP contribution in [0.5, 0.6) is 0 Å². The molecule has 11 nitrogen and oxygen atoms in total. The van der Waals surface area contributed by atoms with E-state index >= 15 is 0 Å². The highest BCUT2D eigenvalue weighted by atomic mass is 35.5. The molecule has 2 aromatic carbocycles. The van der Waals surface area contributed by atoms with Gasteiger partial charge in [-0.15, -0.1) is 5.10 Å². The third kappa shape index (κ3) is 6.52. The lowest BCUT2D eigenvalue weighted by Gasteiger charge is -2.22. The van der Waals surface area contributed by atoms with Crippen LogP contribution in [-0.4, -0.2) is 47.3 Å². The van der Waals surface area contributed by atoms with Gasteiger partial charge < -0.3 is 10.6 Å². The van der Waals surface area contributed by atoms with Gasteiger partial charge in [-0.05, 0) is 68.0 Å². The van der Waals surface area contributed by atoms with Crippen LogP contribution in [0.1, 0.15) is 58.7 Å². The smallest absolute Gasteiger partial charge is 0.347 e. The quantitative estimate of drug-likeness (QED) is 0.299. The van der Waals surface area contributed by atoms with Crippen LogP contribution in [0.15, 0.2) is 42.5 Å². The van der Waals surface area contributed by atoms with E-state index in [2.05, 4.69) is 36.1 Å². The molecule has 15 heteroatoms. The summed E-state index contributed by atoms with van der Waals surface area (Å²) in [5.41, 5.74) is 0.463. The highest BCUT2D eigenvalue weighted by molar-refractivity contribution is 6.32. The second-order valence-corrected chi connectivity index (χ2v) is 10.4. The number of rotatable bonds is 6. The minimum absolute atomic E-state index is 0.0265. The molecule has 2 aromatic heterocycles. The van der Waals surface area contributed by atoms with Crippen LogP contribution < -0.4 is 10.6 Å². The average Bonchev–Trinajstić information content (AvgIpc) is 3.52. The number of tetrazole rings is 1. The van der Waals surface area contributed by atoms with Gasteiger partial charge in [0.1, 0.15) is 5.69 Å². The topological polar surface area (TPSA) is 124 Å². The molecular formula is C26H23ClF3N9O2. The number of nitrogens with one attached hydrogen (secondary N) is 2. The molecule has 212 valence electrons. The van der Waals surface area contributed by atoms with E-state index in [1.54, 1.807) is 52.0 Å². The first kappa shape index (κ1) is 29.2. The monoisotopic (exact) mass is 585 g/mol. The van der Waals surface area contributed by atoms with Crippen molar-refractivity contribution in [3.8, 4) is 5.69 Å². The van der Waals surface area contributed by atoms with E-state index in [4.69, 9.17) is 18.2 Å². The Labute approximate surface area is 237 Å². The summed E-state index contributed by atoms with van der Waals surface area (Å²) in [7, 11) is 0. The van der Waals surface area contributed by atoms with Crippen LogP contribution in [0, 0.1) is 13.5 Å². The fourth-order valence-corrected chi connectivity index (χ4v) is 4.12. The number of aryl methyl sites for hydroxylation is 1. The summed E-state index contributed by atoms with van der Waals surface area (Å²) in [6.45, 7) is 13.9. The Morgan fingerprint density at radius 1 is 1.10 bits per heavy atom. The minimum atomic E-state index is -4.81. The lowest BCUT2D eigenvalue weighted by atomic mass is 10.0. The van der Waals surface area contributed by atoms with Crippen LogP contribution in [0.25, 0.3) is 10.5 Å². The molecule has 4 aromatic rings. The van der Waals surface area contributed by atoms with Gasteiger partial charge in [-0.3, -0.25) is 9.59 Å². The van der Waals surface area contributed by atoms with E-state index in [-0.39, 0.29) is 39.0 Å².